The lowest BCUT2D eigenvalue weighted by molar-refractivity contribution is -0.117. The molecule has 128 valence electrons. The fourth-order valence-corrected chi connectivity index (χ4v) is 4.22. The highest BCUT2D eigenvalue weighted by Gasteiger charge is 2.33. The van der Waals surface area contributed by atoms with Crippen molar-refractivity contribution in [2.45, 2.75) is 18.9 Å². The smallest absolute Gasteiger partial charge is 0.238 e. The standard InChI is InChI=1S/C15H18Cl3N3O.ClH/c16-10-5-11(17)15(12(18)6-10)20-14(22)8-21-4-2-13-9(7-21)1-3-19-13;/h5-6,9,13,19H,1-4,7-8H2,(H,20,22);1H. The first-order valence-corrected chi connectivity index (χ1v) is 8.56. The SMILES string of the molecule is Cl.O=C(CN1CCC2NCCC2C1)Nc1c(Cl)cc(Cl)cc1Cl. The summed E-state index contributed by atoms with van der Waals surface area (Å²) in [7, 11) is 0. The lowest BCUT2D eigenvalue weighted by Gasteiger charge is -2.34. The maximum absolute atomic E-state index is 12.2. The summed E-state index contributed by atoms with van der Waals surface area (Å²) in [5, 5.41) is 7.46. The van der Waals surface area contributed by atoms with Crippen molar-refractivity contribution in [2.24, 2.45) is 5.92 Å². The number of amides is 1. The van der Waals surface area contributed by atoms with Crippen molar-refractivity contribution >= 4 is 58.8 Å². The molecule has 0 saturated carbocycles. The van der Waals surface area contributed by atoms with Crippen molar-refractivity contribution in [1.29, 1.82) is 0 Å². The molecular weight excluding hydrogens is 380 g/mol. The molecule has 2 aliphatic heterocycles. The van der Waals surface area contributed by atoms with E-state index in [1.54, 1.807) is 12.1 Å². The van der Waals surface area contributed by atoms with Crippen LogP contribution in [0.2, 0.25) is 15.1 Å². The predicted molar refractivity (Wildman–Crippen MR) is 98.3 cm³/mol. The van der Waals surface area contributed by atoms with Crippen molar-refractivity contribution in [2.75, 3.05) is 31.5 Å². The molecule has 1 aromatic carbocycles. The minimum Gasteiger partial charge on any atom is -0.322 e. The van der Waals surface area contributed by atoms with E-state index < -0.39 is 0 Å². The fourth-order valence-electron chi connectivity index (χ4n) is 3.31. The molecule has 1 aromatic rings. The summed E-state index contributed by atoms with van der Waals surface area (Å²) in [6.45, 7) is 3.35. The molecule has 0 aromatic heterocycles. The second-order valence-corrected chi connectivity index (χ2v) is 7.18. The summed E-state index contributed by atoms with van der Waals surface area (Å²) >= 11 is 18.0. The number of anilines is 1. The van der Waals surface area contributed by atoms with Crippen LogP contribution in [0.3, 0.4) is 0 Å². The lowest BCUT2D eigenvalue weighted by Crippen LogP contribution is -2.46. The number of piperidine rings is 1. The van der Waals surface area contributed by atoms with Gasteiger partial charge in [-0.2, -0.15) is 0 Å². The summed E-state index contributed by atoms with van der Waals surface area (Å²) in [6, 6.07) is 3.76. The number of benzene rings is 1. The van der Waals surface area contributed by atoms with E-state index in [9.17, 15) is 4.79 Å². The van der Waals surface area contributed by atoms with Crippen LogP contribution in [0.25, 0.3) is 0 Å². The summed E-state index contributed by atoms with van der Waals surface area (Å²) in [5.74, 6) is 0.555. The molecule has 2 N–H and O–H groups in total. The topological polar surface area (TPSA) is 44.4 Å². The third-order valence-electron chi connectivity index (χ3n) is 4.38. The zero-order valence-corrected chi connectivity index (χ0v) is 15.5. The van der Waals surface area contributed by atoms with Crippen LogP contribution >= 0.6 is 47.2 Å². The Bertz CT molecular complexity index is 561. The van der Waals surface area contributed by atoms with Crippen LogP contribution in [-0.4, -0.2) is 43.0 Å². The molecule has 4 nitrogen and oxygen atoms in total. The molecule has 0 bridgehead atoms. The highest BCUT2D eigenvalue weighted by molar-refractivity contribution is 6.42. The number of carbonyl (C=O) groups is 1. The highest BCUT2D eigenvalue weighted by Crippen LogP contribution is 2.33. The first kappa shape index (κ1) is 19.1. The summed E-state index contributed by atoms with van der Waals surface area (Å²) in [6.07, 6.45) is 2.29. The van der Waals surface area contributed by atoms with Gasteiger partial charge in [0.2, 0.25) is 5.91 Å². The van der Waals surface area contributed by atoms with Crippen LogP contribution in [0.1, 0.15) is 12.8 Å². The second-order valence-electron chi connectivity index (χ2n) is 5.93. The molecular formula is C15H19Cl4N3O. The molecule has 2 saturated heterocycles. The number of hydrogen-bond acceptors (Lipinski definition) is 3. The van der Waals surface area contributed by atoms with Gasteiger partial charge in [-0.15, -0.1) is 12.4 Å². The van der Waals surface area contributed by atoms with Crippen LogP contribution in [0, 0.1) is 5.92 Å². The first-order valence-electron chi connectivity index (χ1n) is 7.43. The minimum atomic E-state index is -0.101. The molecule has 1 amide bonds. The van der Waals surface area contributed by atoms with Gasteiger partial charge in [0.25, 0.3) is 0 Å². The number of hydrogen-bond donors (Lipinski definition) is 2. The number of rotatable bonds is 3. The molecule has 2 unspecified atom stereocenters. The van der Waals surface area contributed by atoms with Crippen molar-refractivity contribution in [3.05, 3.63) is 27.2 Å². The predicted octanol–water partition coefficient (Wildman–Crippen LogP) is 3.69. The van der Waals surface area contributed by atoms with Gasteiger partial charge < -0.3 is 10.6 Å². The monoisotopic (exact) mass is 397 g/mol. The van der Waals surface area contributed by atoms with Gasteiger partial charge in [0.05, 0.1) is 22.3 Å². The van der Waals surface area contributed by atoms with E-state index >= 15 is 0 Å². The Morgan fingerprint density at radius 2 is 1.96 bits per heavy atom. The largest absolute Gasteiger partial charge is 0.322 e. The van der Waals surface area contributed by atoms with Crippen LogP contribution in [0.15, 0.2) is 12.1 Å². The van der Waals surface area contributed by atoms with Crippen LogP contribution < -0.4 is 10.6 Å². The molecule has 2 heterocycles. The maximum atomic E-state index is 12.2. The molecule has 2 aliphatic rings. The van der Waals surface area contributed by atoms with Gasteiger partial charge in [0, 0.05) is 24.2 Å². The molecule has 2 fully saturated rings. The Labute approximate surface area is 157 Å². The van der Waals surface area contributed by atoms with Gasteiger partial charge in [-0.1, -0.05) is 34.8 Å². The molecule has 0 radical (unpaired) electrons. The average molecular weight is 399 g/mol. The van der Waals surface area contributed by atoms with E-state index in [0.717, 1.165) is 26.1 Å². The number of likely N-dealkylation sites (tertiary alicyclic amines) is 1. The first-order chi connectivity index (χ1) is 10.5. The third-order valence-corrected chi connectivity index (χ3v) is 5.19. The Kier molecular flexibility index (Phi) is 6.84. The van der Waals surface area contributed by atoms with Crippen molar-refractivity contribution in [3.8, 4) is 0 Å². The molecule has 3 rings (SSSR count). The fraction of sp³-hybridized carbons (Fsp3) is 0.533. The Balaban J connectivity index is 0.00000192. The van der Waals surface area contributed by atoms with Gasteiger partial charge in [0.15, 0.2) is 0 Å². The van der Waals surface area contributed by atoms with E-state index in [2.05, 4.69) is 15.5 Å². The average Bonchev–Trinajstić information content (AvgIpc) is 2.90. The molecule has 2 atom stereocenters. The third kappa shape index (κ3) is 4.65. The Morgan fingerprint density at radius 1 is 1.26 bits per heavy atom. The molecule has 0 aliphatic carbocycles. The van der Waals surface area contributed by atoms with E-state index in [1.807, 2.05) is 0 Å². The highest BCUT2D eigenvalue weighted by atomic mass is 35.5. The minimum absolute atomic E-state index is 0. The van der Waals surface area contributed by atoms with Gasteiger partial charge in [0.1, 0.15) is 0 Å². The molecule has 0 spiro atoms. The number of halogens is 4. The van der Waals surface area contributed by atoms with E-state index in [-0.39, 0.29) is 18.3 Å². The van der Waals surface area contributed by atoms with Crippen molar-refractivity contribution in [3.63, 3.8) is 0 Å². The molecule has 23 heavy (non-hydrogen) atoms. The van der Waals surface area contributed by atoms with Crippen LogP contribution in [0.4, 0.5) is 5.69 Å². The Morgan fingerprint density at radius 3 is 2.65 bits per heavy atom. The zero-order chi connectivity index (χ0) is 15.7. The lowest BCUT2D eigenvalue weighted by atomic mass is 9.93. The van der Waals surface area contributed by atoms with Crippen LogP contribution in [0.5, 0.6) is 0 Å². The van der Waals surface area contributed by atoms with Crippen molar-refractivity contribution in [1.82, 2.24) is 10.2 Å². The van der Waals surface area contributed by atoms with E-state index in [0.29, 0.717) is 39.3 Å². The number of carbonyl (C=O) groups excluding carboxylic acids is 1. The van der Waals surface area contributed by atoms with Gasteiger partial charge in [-0.3, -0.25) is 9.69 Å². The normalized spacial score (nSPS) is 24.0. The number of fused-ring (bicyclic) bond motifs is 1. The van der Waals surface area contributed by atoms with Gasteiger partial charge >= 0.3 is 0 Å². The van der Waals surface area contributed by atoms with Crippen LogP contribution in [-0.2, 0) is 4.79 Å². The summed E-state index contributed by atoms with van der Waals surface area (Å²) in [4.78, 5) is 14.4. The zero-order valence-electron chi connectivity index (χ0n) is 12.4. The summed E-state index contributed by atoms with van der Waals surface area (Å²) in [5.41, 5.74) is 0.426. The van der Waals surface area contributed by atoms with Gasteiger partial charge in [-0.25, -0.2) is 0 Å². The molecule has 8 heteroatoms. The number of nitrogens with zero attached hydrogens (tertiary/aromatic N) is 1. The Hall–Kier alpha value is -0.230. The second kappa shape index (κ2) is 8.24. The summed E-state index contributed by atoms with van der Waals surface area (Å²) < 4.78 is 0. The van der Waals surface area contributed by atoms with Crippen molar-refractivity contribution < 1.29 is 4.79 Å². The van der Waals surface area contributed by atoms with Gasteiger partial charge in [-0.05, 0) is 37.4 Å². The quantitative estimate of drug-likeness (QED) is 0.815. The number of nitrogens with one attached hydrogen (secondary N) is 2. The maximum Gasteiger partial charge on any atom is 0.238 e. The van der Waals surface area contributed by atoms with E-state index in [1.165, 1.54) is 6.42 Å². The van der Waals surface area contributed by atoms with E-state index in [4.69, 9.17) is 34.8 Å².